The van der Waals surface area contributed by atoms with E-state index in [1.807, 2.05) is 17.0 Å². The number of carbonyl (C=O) groups excluding carboxylic acids is 4. The van der Waals surface area contributed by atoms with E-state index < -0.39 is 29.7 Å². The average Bonchev–Trinajstić information content (AvgIpc) is 3.45. The maximum Gasteiger partial charge on any atom is 0.411 e. The molecule has 1 aliphatic carbocycles. The Kier molecular flexibility index (Phi) is 7.80. The first-order chi connectivity index (χ1) is 17.4. The molecule has 9 heteroatoms. The normalized spacial score (nSPS) is 24.6. The third-order valence-corrected chi connectivity index (χ3v) is 7.95. The van der Waals surface area contributed by atoms with Crippen LogP contribution in [0.25, 0.3) is 0 Å². The number of likely N-dealkylation sites (tertiary alicyclic amines) is 2. The van der Waals surface area contributed by atoms with E-state index >= 15 is 0 Å². The Morgan fingerprint density at radius 3 is 2.27 bits per heavy atom. The van der Waals surface area contributed by atoms with E-state index in [4.69, 9.17) is 10.5 Å². The van der Waals surface area contributed by atoms with Gasteiger partial charge in [0.05, 0.1) is 0 Å². The lowest BCUT2D eigenvalue weighted by molar-refractivity contribution is -0.132. The van der Waals surface area contributed by atoms with Crippen LogP contribution < -0.4 is 11.1 Å². The molecule has 1 aromatic carbocycles. The quantitative estimate of drug-likeness (QED) is 0.607. The van der Waals surface area contributed by atoms with E-state index in [0.29, 0.717) is 5.92 Å². The second-order valence-electron chi connectivity index (χ2n) is 11.7. The lowest BCUT2D eigenvalue weighted by Crippen LogP contribution is -2.57. The van der Waals surface area contributed by atoms with Gasteiger partial charge in [0, 0.05) is 32.5 Å². The van der Waals surface area contributed by atoms with E-state index in [9.17, 15) is 19.2 Å². The number of piperidine rings is 2. The number of nitrogens with zero attached hydrogens (tertiary/aromatic N) is 2. The third kappa shape index (κ3) is 6.25. The second-order valence-corrected chi connectivity index (χ2v) is 11.7. The molecule has 2 saturated heterocycles. The molecular weight excluding hydrogens is 472 g/mol. The summed E-state index contributed by atoms with van der Waals surface area (Å²) in [7, 11) is 0. The van der Waals surface area contributed by atoms with Crippen molar-refractivity contribution in [2.75, 3.05) is 13.1 Å². The fourth-order valence-electron chi connectivity index (χ4n) is 6.07. The van der Waals surface area contributed by atoms with Crippen molar-refractivity contribution >= 4 is 23.8 Å². The first-order valence-electron chi connectivity index (χ1n) is 13.4. The number of rotatable bonds is 6. The third-order valence-electron chi connectivity index (χ3n) is 7.95. The Morgan fingerprint density at radius 1 is 1.05 bits per heavy atom. The largest absolute Gasteiger partial charge is 0.444 e. The number of hydrogen-bond acceptors (Lipinski definition) is 5. The van der Waals surface area contributed by atoms with Gasteiger partial charge in [-0.2, -0.15) is 0 Å². The number of ether oxygens (including phenoxy) is 1. The fraction of sp³-hybridized carbons (Fsp3) is 0.643. The van der Waals surface area contributed by atoms with Crippen molar-refractivity contribution < 1.29 is 23.9 Å². The molecule has 1 aromatic rings. The van der Waals surface area contributed by atoms with Crippen LogP contribution in [0, 0.1) is 5.92 Å². The van der Waals surface area contributed by atoms with Crippen molar-refractivity contribution in [3.63, 3.8) is 0 Å². The SMILES string of the molecule is CC(=O)N1CCC(c2ccc(C[C@H](NC(=O)[C@@H]3[C@H]4CC[C@H](C4)N3C(=O)OC(C)(C)C)C(N)=O)cc2)CC1. The van der Waals surface area contributed by atoms with Gasteiger partial charge in [0.1, 0.15) is 17.7 Å². The molecule has 37 heavy (non-hydrogen) atoms. The Bertz CT molecular complexity index is 1030. The summed E-state index contributed by atoms with van der Waals surface area (Å²) in [6, 6.07) is 6.51. The number of fused-ring (bicyclic) bond motifs is 2. The number of primary amides is 1. The molecule has 4 rings (SSSR count). The number of nitrogens with two attached hydrogens (primary N) is 1. The lowest BCUT2D eigenvalue weighted by Gasteiger charge is -2.36. The predicted molar refractivity (Wildman–Crippen MR) is 138 cm³/mol. The Labute approximate surface area is 219 Å². The number of hydrogen-bond donors (Lipinski definition) is 2. The van der Waals surface area contributed by atoms with Crippen LogP contribution in [0.5, 0.6) is 0 Å². The second kappa shape index (κ2) is 10.7. The first kappa shape index (κ1) is 26.9. The maximum absolute atomic E-state index is 13.4. The minimum absolute atomic E-state index is 0.0162. The van der Waals surface area contributed by atoms with Crippen molar-refractivity contribution in [3.05, 3.63) is 35.4 Å². The van der Waals surface area contributed by atoms with E-state index in [2.05, 4.69) is 17.4 Å². The highest BCUT2D eigenvalue weighted by Gasteiger charge is 2.52. The molecule has 3 N–H and O–H groups in total. The van der Waals surface area contributed by atoms with Gasteiger partial charge in [0.25, 0.3) is 0 Å². The number of benzene rings is 1. The van der Waals surface area contributed by atoms with Crippen molar-refractivity contribution in [1.82, 2.24) is 15.1 Å². The van der Waals surface area contributed by atoms with E-state index in [1.54, 1.807) is 32.6 Å². The highest BCUT2D eigenvalue weighted by Crippen LogP contribution is 2.43. The summed E-state index contributed by atoms with van der Waals surface area (Å²) < 4.78 is 5.58. The van der Waals surface area contributed by atoms with Crippen LogP contribution in [-0.2, 0) is 25.5 Å². The molecule has 3 fully saturated rings. The van der Waals surface area contributed by atoms with Crippen LogP contribution in [0.15, 0.2) is 24.3 Å². The van der Waals surface area contributed by atoms with Gasteiger partial charge in [-0.05, 0) is 75.8 Å². The summed E-state index contributed by atoms with van der Waals surface area (Å²) in [5.74, 6) is -0.391. The number of amides is 4. The van der Waals surface area contributed by atoms with Gasteiger partial charge in [-0.3, -0.25) is 19.3 Å². The summed E-state index contributed by atoms with van der Waals surface area (Å²) in [6.45, 7) is 8.55. The highest BCUT2D eigenvalue weighted by atomic mass is 16.6. The summed E-state index contributed by atoms with van der Waals surface area (Å²) in [5.41, 5.74) is 7.12. The van der Waals surface area contributed by atoms with E-state index in [0.717, 1.165) is 50.8 Å². The zero-order chi connectivity index (χ0) is 26.9. The zero-order valence-corrected chi connectivity index (χ0v) is 22.4. The number of carbonyl (C=O) groups is 4. The molecule has 0 spiro atoms. The molecule has 0 radical (unpaired) electrons. The first-order valence-corrected chi connectivity index (χ1v) is 13.4. The molecule has 0 unspecified atom stereocenters. The van der Waals surface area contributed by atoms with Crippen molar-refractivity contribution in [2.24, 2.45) is 11.7 Å². The summed E-state index contributed by atoms with van der Waals surface area (Å²) in [4.78, 5) is 53.6. The van der Waals surface area contributed by atoms with Crippen LogP contribution in [0.1, 0.15) is 76.8 Å². The summed E-state index contributed by atoms with van der Waals surface area (Å²) in [6.07, 6.45) is 4.14. The van der Waals surface area contributed by atoms with Crippen LogP contribution in [0.2, 0.25) is 0 Å². The smallest absolute Gasteiger partial charge is 0.411 e. The topological polar surface area (TPSA) is 122 Å². The average molecular weight is 513 g/mol. The van der Waals surface area contributed by atoms with E-state index in [1.165, 1.54) is 5.56 Å². The standard InChI is InChI=1S/C28H40N4O5/c1-17(33)31-13-11-20(12-14-31)19-7-5-18(6-8-19)15-23(25(29)34)30-26(35)24-21-9-10-22(16-21)32(24)27(36)37-28(2,3)4/h5-8,20-24H,9-16H2,1-4H3,(H2,29,34)(H,30,35)/t21-,22+,23-,24-/m0/s1. The summed E-state index contributed by atoms with van der Waals surface area (Å²) >= 11 is 0. The van der Waals surface area contributed by atoms with E-state index in [-0.39, 0.29) is 30.2 Å². The van der Waals surface area contributed by atoms with Gasteiger partial charge in [-0.15, -0.1) is 0 Å². The van der Waals surface area contributed by atoms with Gasteiger partial charge < -0.3 is 20.7 Å². The molecule has 9 nitrogen and oxygen atoms in total. The molecule has 4 atom stereocenters. The lowest BCUT2D eigenvalue weighted by atomic mass is 9.88. The fourth-order valence-corrected chi connectivity index (χ4v) is 6.07. The Hall–Kier alpha value is -3.10. The van der Waals surface area contributed by atoms with Gasteiger partial charge >= 0.3 is 6.09 Å². The number of nitrogens with one attached hydrogen (secondary N) is 1. The minimum atomic E-state index is -0.878. The van der Waals surface area contributed by atoms with Gasteiger partial charge in [0.2, 0.25) is 17.7 Å². The van der Waals surface area contributed by atoms with Crippen molar-refractivity contribution in [3.8, 4) is 0 Å². The molecule has 2 aliphatic heterocycles. The monoisotopic (exact) mass is 512 g/mol. The molecule has 202 valence electrons. The van der Waals surface area contributed by atoms with Crippen LogP contribution >= 0.6 is 0 Å². The van der Waals surface area contributed by atoms with Crippen LogP contribution in [0.4, 0.5) is 4.79 Å². The zero-order valence-electron chi connectivity index (χ0n) is 22.4. The molecular formula is C28H40N4O5. The molecule has 4 amide bonds. The molecule has 2 bridgehead atoms. The van der Waals surface area contributed by atoms with Crippen LogP contribution in [-0.4, -0.2) is 70.4 Å². The molecule has 1 saturated carbocycles. The van der Waals surface area contributed by atoms with Gasteiger partial charge in [-0.25, -0.2) is 4.79 Å². The minimum Gasteiger partial charge on any atom is -0.444 e. The summed E-state index contributed by atoms with van der Waals surface area (Å²) in [5, 5.41) is 2.83. The predicted octanol–water partition coefficient (Wildman–Crippen LogP) is 2.71. The van der Waals surface area contributed by atoms with Crippen molar-refractivity contribution in [1.29, 1.82) is 0 Å². The Balaban J connectivity index is 1.39. The van der Waals surface area contributed by atoms with Gasteiger partial charge in [0.15, 0.2) is 0 Å². The Morgan fingerprint density at radius 2 is 1.70 bits per heavy atom. The van der Waals surface area contributed by atoms with Crippen molar-refractivity contribution in [2.45, 2.75) is 95.9 Å². The highest BCUT2D eigenvalue weighted by molar-refractivity contribution is 5.91. The molecule has 3 aliphatic rings. The van der Waals surface area contributed by atoms with Crippen LogP contribution in [0.3, 0.4) is 0 Å². The molecule has 2 heterocycles. The maximum atomic E-state index is 13.4. The van der Waals surface area contributed by atoms with Gasteiger partial charge in [-0.1, -0.05) is 24.3 Å². The molecule has 0 aromatic heterocycles.